The number of methoxy groups -OCH3 is 1. The van der Waals surface area contributed by atoms with E-state index in [4.69, 9.17) is 0 Å². The maximum absolute atomic E-state index is 12.2. The average Bonchev–Trinajstić information content (AvgIpc) is 2.66. The summed E-state index contributed by atoms with van der Waals surface area (Å²) in [6.45, 7) is 3.59. The predicted molar refractivity (Wildman–Crippen MR) is 100.0 cm³/mol. The van der Waals surface area contributed by atoms with Crippen LogP contribution in [0.1, 0.15) is 30.7 Å². The van der Waals surface area contributed by atoms with Crippen molar-refractivity contribution in [3.8, 4) is 0 Å². The van der Waals surface area contributed by atoms with Crippen molar-refractivity contribution in [2.45, 2.75) is 25.2 Å². The van der Waals surface area contributed by atoms with Gasteiger partial charge in [0.15, 0.2) is 0 Å². The summed E-state index contributed by atoms with van der Waals surface area (Å²) in [5.74, 6) is 0.126. The van der Waals surface area contributed by atoms with Crippen LogP contribution in [0.3, 0.4) is 0 Å². The van der Waals surface area contributed by atoms with Gasteiger partial charge in [-0.3, -0.25) is 4.79 Å². The van der Waals surface area contributed by atoms with Gasteiger partial charge in [-0.2, -0.15) is 0 Å². The fraction of sp³-hybridized carbons (Fsp3) is 0.600. The van der Waals surface area contributed by atoms with Crippen LogP contribution in [0.25, 0.3) is 0 Å². The minimum Gasteiger partial charge on any atom is -0.468 e. The number of nitrogens with zero attached hydrogens (tertiary/aromatic N) is 2. The molecule has 6 heteroatoms. The molecule has 0 radical (unpaired) electrons. The van der Waals surface area contributed by atoms with Gasteiger partial charge >= 0.3 is 12.0 Å². The second kappa shape index (κ2) is 8.08. The van der Waals surface area contributed by atoms with Crippen LogP contribution in [0.2, 0.25) is 0 Å². The molecular formula is C20H29N3O3. The number of esters is 1. The molecule has 0 bridgehead atoms. The number of rotatable bonds is 3. The second-order valence-corrected chi connectivity index (χ2v) is 7.73. The zero-order chi connectivity index (χ0) is 18.6. The molecule has 3 rings (SSSR count). The number of urea groups is 1. The van der Waals surface area contributed by atoms with E-state index in [9.17, 15) is 9.59 Å². The number of hydrogen-bond donors (Lipinski definition) is 1. The molecule has 0 saturated carbocycles. The maximum Gasteiger partial charge on any atom is 0.325 e. The second-order valence-electron chi connectivity index (χ2n) is 7.73. The van der Waals surface area contributed by atoms with E-state index in [-0.39, 0.29) is 18.0 Å². The van der Waals surface area contributed by atoms with Gasteiger partial charge in [0, 0.05) is 26.2 Å². The van der Waals surface area contributed by atoms with E-state index < -0.39 is 5.97 Å². The highest BCUT2D eigenvalue weighted by atomic mass is 16.5. The lowest BCUT2D eigenvalue weighted by Gasteiger charge is -2.49. The molecule has 6 nitrogen and oxygen atoms in total. The van der Waals surface area contributed by atoms with Crippen molar-refractivity contribution in [1.82, 2.24) is 15.1 Å². The van der Waals surface area contributed by atoms with Crippen LogP contribution in [0.4, 0.5) is 4.79 Å². The van der Waals surface area contributed by atoms with Crippen LogP contribution in [0, 0.1) is 5.41 Å². The number of carbonyl (C=O) groups is 2. The van der Waals surface area contributed by atoms with Crippen LogP contribution < -0.4 is 5.32 Å². The molecule has 142 valence electrons. The van der Waals surface area contributed by atoms with E-state index in [2.05, 4.69) is 52.3 Å². The Morgan fingerprint density at radius 2 is 1.92 bits per heavy atom. The van der Waals surface area contributed by atoms with Gasteiger partial charge in [0.1, 0.15) is 6.54 Å². The molecule has 2 aliphatic heterocycles. The van der Waals surface area contributed by atoms with E-state index in [1.54, 1.807) is 0 Å². The Labute approximate surface area is 155 Å². The Balaban J connectivity index is 1.58. The van der Waals surface area contributed by atoms with E-state index in [0.29, 0.717) is 5.92 Å². The monoisotopic (exact) mass is 359 g/mol. The third-order valence-corrected chi connectivity index (χ3v) is 5.81. The molecule has 1 atom stereocenters. The largest absolute Gasteiger partial charge is 0.468 e. The third-order valence-electron chi connectivity index (χ3n) is 5.81. The SMILES string of the molecule is COC(=O)CNC(=O)N1CCC2(CC1)C[C@@H](c1ccccc1)CN(C)C2. The summed E-state index contributed by atoms with van der Waals surface area (Å²) in [5.41, 5.74) is 1.68. The van der Waals surface area contributed by atoms with Crippen molar-refractivity contribution in [1.29, 1.82) is 0 Å². The van der Waals surface area contributed by atoms with Gasteiger partial charge in [-0.15, -0.1) is 0 Å². The molecule has 1 aromatic carbocycles. The first-order valence-corrected chi connectivity index (χ1v) is 9.34. The first-order valence-electron chi connectivity index (χ1n) is 9.34. The van der Waals surface area contributed by atoms with Gasteiger partial charge in [-0.25, -0.2) is 4.79 Å². The van der Waals surface area contributed by atoms with E-state index in [1.165, 1.54) is 19.1 Å². The predicted octanol–water partition coefficient (Wildman–Crippen LogP) is 2.07. The number of likely N-dealkylation sites (N-methyl/N-ethyl adjacent to an activating group) is 1. The minimum absolute atomic E-state index is 0.0736. The van der Waals surface area contributed by atoms with Crippen LogP contribution in [0.15, 0.2) is 30.3 Å². The van der Waals surface area contributed by atoms with Crippen molar-refractivity contribution in [3.63, 3.8) is 0 Å². The van der Waals surface area contributed by atoms with Gasteiger partial charge in [-0.05, 0) is 43.2 Å². The van der Waals surface area contributed by atoms with Gasteiger partial charge in [0.25, 0.3) is 0 Å². The lowest BCUT2D eigenvalue weighted by atomic mass is 9.68. The Morgan fingerprint density at radius 3 is 2.58 bits per heavy atom. The fourth-order valence-electron chi connectivity index (χ4n) is 4.49. The Morgan fingerprint density at radius 1 is 1.23 bits per heavy atom. The molecule has 2 amide bonds. The zero-order valence-corrected chi connectivity index (χ0v) is 15.7. The first kappa shape index (κ1) is 18.7. The summed E-state index contributed by atoms with van der Waals surface area (Å²) in [7, 11) is 3.52. The topological polar surface area (TPSA) is 61.9 Å². The number of hydrogen-bond acceptors (Lipinski definition) is 4. The molecule has 1 aromatic rings. The normalized spacial score (nSPS) is 22.8. The Hall–Kier alpha value is -2.08. The van der Waals surface area contributed by atoms with Crippen molar-refractivity contribution in [2.24, 2.45) is 5.41 Å². The van der Waals surface area contributed by atoms with Crippen LogP contribution in [-0.4, -0.2) is 68.7 Å². The molecule has 0 unspecified atom stereocenters. The smallest absolute Gasteiger partial charge is 0.325 e. The third kappa shape index (κ3) is 4.36. The molecule has 0 aromatic heterocycles. The number of piperidine rings is 2. The molecule has 2 fully saturated rings. The van der Waals surface area contributed by atoms with Crippen LogP contribution in [0.5, 0.6) is 0 Å². The number of nitrogens with one attached hydrogen (secondary N) is 1. The molecule has 0 aliphatic carbocycles. The highest BCUT2D eigenvalue weighted by molar-refractivity contribution is 5.80. The van der Waals surface area contributed by atoms with E-state index in [0.717, 1.165) is 39.0 Å². The molecule has 1 N–H and O–H groups in total. The van der Waals surface area contributed by atoms with Gasteiger partial charge in [-0.1, -0.05) is 30.3 Å². The maximum atomic E-state index is 12.2. The minimum atomic E-state index is -0.425. The van der Waals surface area contributed by atoms with Gasteiger partial charge in [0.2, 0.25) is 0 Å². The van der Waals surface area contributed by atoms with Crippen LogP contribution in [-0.2, 0) is 9.53 Å². The molecule has 2 aliphatic rings. The highest BCUT2D eigenvalue weighted by Gasteiger charge is 2.42. The van der Waals surface area contributed by atoms with Gasteiger partial charge in [0.05, 0.1) is 7.11 Å². The number of likely N-dealkylation sites (tertiary alicyclic amines) is 2. The number of carbonyl (C=O) groups excluding carboxylic acids is 2. The van der Waals surface area contributed by atoms with Crippen LogP contribution >= 0.6 is 0 Å². The molecule has 1 spiro atoms. The summed E-state index contributed by atoms with van der Waals surface area (Å²) in [6.07, 6.45) is 3.19. The number of ether oxygens (including phenoxy) is 1. The van der Waals surface area contributed by atoms with E-state index in [1.807, 2.05) is 4.90 Å². The highest BCUT2D eigenvalue weighted by Crippen LogP contribution is 2.44. The number of amides is 2. The zero-order valence-electron chi connectivity index (χ0n) is 15.7. The van der Waals surface area contributed by atoms with Crippen molar-refractivity contribution in [2.75, 3.05) is 46.9 Å². The lowest BCUT2D eigenvalue weighted by molar-refractivity contribution is -0.139. The Kier molecular flexibility index (Phi) is 5.81. The van der Waals surface area contributed by atoms with Crippen molar-refractivity contribution >= 4 is 12.0 Å². The Bertz CT molecular complexity index is 626. The standard InChI is InChI=1S/C20H29N3O3/c1-22-14-17(16-6-4-3-5-7-16)12-20(15-22)8-10-23(11-9-20)19(25)21-13-18(24)26-2/h3-7,17H,8-15H2,1-2H3,(H,21,25)/t17-/m1/s1. The first-order chi connectivity index (χ1) is 12.5. The summed E-state index contributed by atoms with van der Waals surface area (Å²) in [6, 6.07) is 10.6. The van der Waals surface area contributed by atoms with Gasteiger partial charge < -0.3 is 19.9 Å². The summed E-state index contributed by atoms with van der Waals surface area (Å²) in [5, 5.41) is 2.64. The summed E-state index contributed by atoms with van der Waals surface area (Å²) >= 11 is 0. The lowest BCUT2D eigenvalue weighted by Crippen LogP contribution is -2.53. The quantitative estimate of drug-likeness (QED) is 0.840. The average molecular weight is 359 g/mol. The molecule has 26 heavy (non-hydrogen) atoms. The van der Waals surface area contributed by atoms with Crippen molar-refractivity contribution in [3.05, 3.63) is 35.9 Å². The molecule has 2 heterocycles. The molecule has 2 saturated heterocycles. The summed E-state index contributed by atoms with van der Waals surface area (Å²) in [4.78, 5) is 27.7. The summed E-state index contributed by atoms with van der Waals surface area (Å²) < 4.78 is 4.57. The number of benzene rings is 1. The van der Waals surface area contributed by atoms with Crippen molar-refractivity contribution < 1.29 is 14.3 Å². The molecular weight excluding hydrogens is 330 g/mol. The fourth-order valence-corrected chi connectivity index (χ4v) is 4.49. The van der Waals surface area contributed by atoms with E-state index >= 15 is 0 Å².